The van der Waals surface area contributed by atoms with E-state index in [2.05, 4.69) is 15.0 Å². The topological polar surface area (TPSA) is 158 Å². The van der Waals surface area contributed by atoms with E-state index >= 15 is 0 Å². The number of aliphatic hydroxyl groups is 2. The third-order valence-corrected chi connectivity index (χ3v) is 7.78. The molecule has 11 heteroatoms. The summed E-state index contributed by atoms with van der Waals surface area (Å²) >= 11 is 0. The van der Waals surface area contributed by atoms with E-state index in [4.69, 9.17) is 15.2 Å². The van der Waals surface area contributed by atoms with E-state index in [9.17, 15) is 24.2 Å². The Labute approximate surface area is 253 Å². The second-order valence-electron chi connectivity index (χ2n) is 11.4. The van der Waals surface area contributed by atoms with Crippen LogP contribution in [0.2, 0.25) is 0 Å². The van der Waals surface area contributed by atoms with Crippen LogP contribution in [0, 0.1) is 5.82 Å². The monoisotopic (exact) mass is 600 g/mol. The van der Waals surface area contributed by atoms with E-state index in [-0.39, 0.29) is 37.5 Å². The van der Waals surface area contributed by atoms with Crippen molar-refractivity contribution in [3.05, 3.63) is 89.9 Å². The molecular weight excluding hydrogens is 567 g/mol. The van der Waals surface area contributed by atoms with Gasteiger partial charge in [-0.15, -0.1) is 0 Å². The molecule has 44 heavy (non-hydrogen) atoms. The van der Waals surface area contributed by atoms with Crippen LogP contribution in [0.25, 0.3) is 22.4 Å². The third kappa shape index (κ3) is 6.15. The van der Waals surface area contributed by atoms with E-state index in [1.807, 2.05) is 0 Å². The maximum atomic E-state index is 13.7. The molecule has 3 heterocycles. The lowest BCUT2D eigenvalue weighted by Gasteiger charge is -2.26. The highest BCUT2D eigenvalue weighted by Crippen LogP contribution is 2.46. The number of ketones is 1. The van der Waals surface area contributed by atoms with Gasteiger partial charge in [0.1, 0.15) is 53.6 Å². The maximum Gasteiger partial charge on any atom is 0.231 e. The van der Waals surface area contributed by atoms with E-state index in [0.29, 0.717) is 45.0 Å². The molecule has 0 radical (unpaired) electrons. The fourth-order valence-corrected chi connectivity index (χ4v) is 5.00. The average molecular weight is 601 g/mol. The summed E-state index contributed by atoms with van der Waals surface area (Å²) in [6, 6.07) is 12.2. The molecule has 1 aliphatic heterocycles. The summed E-state index contributed by atoms with van der Waals surface area (Å²) in [6.45, 7) is 4.85. The molecule has 228 valence electrons. The van der Waals surface area contributed by atoms with E-state index in [1.54, 1.807) is 57.4 Å². The van der Waals surface area contributed by atoms with Crippen molar-refractivity contribution < 1.29 is 33.7 Å². The summed E-state index contributed by atoms with van der Waals surface area (Å²) in [5, 5.41) is 21.3. The number of Topliss-reactive ketones (excluding diaryl/α,β-unsaturated/α-hetero) is 1. The number of hydrogen-bond donors (Lipinski definition) is 3. The van der Waals surface area contributed by atoms with E-state index < -0.39 is 28.8 Å². The van der Waals surface area contributed by atoms with Crippen LogP contribution in [-0.2, 0) is 15.8 Å². The minimum absolute atomic E-state index is 0.00131. The molecule has 2 aromatic carbocycles. The zero-order chi connectivity index (χ0) is 31.6. The van der Waals surface area contributed by atoms with Crippen LogP contribution in [-0.4, -0.2) is 56.2 Å². The Bertz CT molecular complexity index is 1700. The molecule has 0 unspecified atom stereocenters. The number of nitrogens with two attached hydrogens (primary N) is 1. The van der Waals surface area contributed by atoms with Crippen LogP contribution in [0.5, 0.6) is 11.5 Å². The van der Waals surface area contributed by atoms with Gasteiger partial charge in [0.25, 0.3) is 0 Å². The summed E-state index contributed by atoms with van der Waals surface area (Å²) in [6.07, 6.45) is 3.85. The smallest absolute Gasteiger partial charge is 0.231 e. The summed E-state index contributed by atoms with van der Waals surface area (Å²) < 4.78 is 25.3. The number of amides is 1. The first-order chi connectivity index (χ1) is 20.9. The van der Waals surface area contributed by atoms with Crippen LogP contribution in [0.4, 0.5) is 4.39 Å². The van der Waals surface area contributed by atoms with Crippen molar-refractivity contribution in [2.24, 2.45) is 5.73 Å². The molecule has 0 fully saturated rings. The zero-order valence-electron chi connectivity index (χ0n) is 24.6. The number of benzene rings is 2. The number of carbonyl (C=O) groups excluding carboxylic acids is 2. The molecule has 0 saturated heterocycles. The lowest BCUT2D eigenvalue weighted by atomic mass is 9.81. The first kappa shape index (κ1) is 30.7. The first-order valence-electron chi connectivity index (χ1n) is 14.1. The predicted octanol–water partition coefficient (Wildman–Crippen LogP) is 4.11. The van der Waals surface area contributed by atoms with Gasteiger partial charge in [0.2, 0.25) is 5.91 Å². The molecule has 3 atom stereocenters. The third-order valence-electron chi connectivity index (χ3n) is 7.78. The standard InChI is InChI=1S/C33H33FN4O6/c1-19(39)16-43-27-9-6-21(12-24(27)22-14-36-18-37-15-22)26(40)10-11-33(3,42)28-13-25-30(44-17-32(25,2)31(35)41)29(38-28)20-4-7-23(34)8-5-20/h4-9,12-15,18-19,39,42H,10-11,16-17H2,1-3H3,(H2,35,41)/t19-,32+,33+/m1/s1. The number of hydrogen-bond acceptors (Lipinski definition) is 9. The highest BCUT2D eigenvalue weighted by atomic mass is 19.1. The predicted molar refractivity (Wildman–Crippen MR) is 159 cm³/mol. The Hall–Kier alpha value is -4.74. The van der Waals surface area contributed by atoms with Crippen molar-refractivity contribution in [2.45, 2.75) is 50.7 Å². The Morgan fingerprint density at radius 2 is 1.84 bits per heavy atom. The van der Waals surface area contributed by atoms with E-state index in [0.717, 1.165) is 0 Å². The molecule has 1 aliphatic rings. The molecule has 4 aromatic rings. The Morgan fingerprint density at radius 1 is 1.14 bits per heavy atom. The van der Waals surface area contributed by atoms with Crippen LogP contribution < -0.4 is 15.2 Å². The van der Waals surface area contributed by atoms with Crippen molar-refractivity contribution in [1.82, 2.24) is 15.0 Å². The lowest BCUT2D eigenvalue weighted by Crippen LogP contribution is -2.40. The first-order valence-corrected chi connectivity index (χ1v) is 14.1. The maximum absolute atomic E-state index is 13.7. The number of pyridine rings is 1. The van der Waals surface area contributed by atoms with Gasteiger partial charge >= 0.3 is 0 Å². The SMILES string of the molecule is C[C@@H](O)COc1ccc(C(=O)CC[C@](C)(O)c2cc3c(c(-c4ccc(F)cc4)n2)OC[C@]3(C)C(N)=O)cc1-c1cncnc1. The molecule has 1 amide bonds. The molecule has 5 rings (SSSR count). The van der Waals surface area contributed by atoms with Crippen molar-refractivity contribution in [1.29, 1.82) is 0 Å². The molecule has 10 nitrogen and oxygen atoms in total. The largest absolute Gasteiger partial charge is 0.490 e. The second kappa shape index (κ2) is 12.1. The van der Waals surface area contributed by atoms with Gasteiger partial charge in [0.15, 0.2) is 5.78 Å². The van der Waals surface area contributed by atoms with Gasteiger partial charge in [-0.1, -0.05) is 0 Å². The molecule has 2 aromatic heterocycles. The fraction of sp³-hybridized carbons (Fsp3) is 0.303. The van der Waals surface area contributed by atoms with Crippen LogP contribution in [0.1, 0.15) is 55.2 Å². The summed E-state index contributed by atoms with van der Waals surface area (Å²) in [7, 11) is 0. The molecule has 4 N–H and O–H groups in total. The highest BCUT2D eigenvalue weighted by Gasteiger charge is 2.45. The number of ether oxygens (including phenoxy) is 2. The van der Waals surface area contributed by atoms with Crippen molar-refractivity contribution in [3.8, 4) is 33.9 Å². The number of aromatic nitrogens is 3. The second-order valence-corrected chi connectivity index (χ2v) is 11.4. The Morgan fingerprint density at radius 3 is 2.50 bits per heavy atom. The summed E-state index contributed by atoms with van der Waals surface area (Å²) in [4.78, 5) is 38.7. The van der Waals surface area contributed by atoms with Crippen molar-refractivity contribution in [3.63, 3.8) is 0 Å². The minimum atomic E-state index is -1.60. The number of rotatable bonds is 11. The number of carbonyl (C=O) groups is 2. The number of primary amides is 1. The fourth-order valence-electron chi connectivity index (χ4n) is 5.00. The summed E-state index contributed by atoms with van der Waals surface area (Å²) in [5.74, 6) is -0.478. The Balaban J connectivity index is 1.45. The van der Waals surface area contributed by atoms with Gasteiger partial charge in [-0.3, -0.25) is 9.59 Å². The van der Waals surface area contributed by atoms with Crippen molar-refractivity contribution in [2.75, 3.05) is 13.2 Å². The van der Waals surface area contributed by atoms with Crippen molar-refractivity contribution >= 4 is 11.7 Å². The number of fused-ring (bicyclic) bond motifs is 1. The zero-order valence-corrected chi connectivity index (χ0v) is 24.6. The molecular formula is C33H33FN4O6. The highest BCUT2D eigenvalue weighted by molar-refractivity contribution is 5.98. The quantitative estimate of drug-likeness (QED) is 0.216. The lowest BCUT2D eigenvalue weighted by molar-refractivity contribution is -0.123. The number of halogens is 1. The molecule has 0 saturated carbocycles. The van der Waals surface area contributed by atoms with Gasteiger partial charge in [-0.25, -0.2) is 19.3 Å². The normalized spacial score (nSPS) is 17.7. The van der Waals surface area contributed by atoms with Crippen LogP contribution >= 0.6 is 0 Å². The summed E-state index contributed by atoms with van der Waals surface area (Å²) in [5.41, 5.74) is 6.10. The minimum Gasteiger partial charge on any atom is -0.490 e. The molecule has 0 bridgehead atoms. The van der Waals surface area contributed by atoms with Gasteiger partial charge in [-0.05, 0) is 75.7 Å². The van der Waals surface area contributed by atoms with Gasteiger partial charge in [0, 0.05) is 46.6 Å². The molecule has 0 aliphatic carbocycles. The van der Waals surface area contributed by atoms with Gasteiger partial charge in [0.05, 0.1) is 11.8 Å². The van der Waals surface area contributed by atoms with Crippen LogP contribution in [0.15, 0.2) is 67.3 Å². The average Bonchev–Trinajstić information content (AvgIpc) is 3.37. The molecule has 0 spiro atoms. The van der Waals surface area contributed by atoms with Crippen LogP contribution in [0.3, 0.4) is 0 Å². The van der Waals surface area contributed by atoms with E-state index in [1.165, 1.54) is 30.6 Å². The Kier molecular flexibility index (Phi) is 8.44. The number of aliphatic hydroxyl groups excluding tert-OH is 1. The van der Waals surface area contributed by atoms with Gasteiger partial charge < -0.3 is 25.4 Å². The van der Waals surface area contributed by atoms with Gasteiger partial charge in [-0.2, -0.15) is 0 Å². The number of nitrogens with zero attached hydrogens (tertiary/aromatic N) is 3.